The average Bonchev–Trinajstić information content (AvgIpc) is 2.52. The molecule has 0 saturated heterocycles. The highest BCUT2D eigenvalue weighted by Crippen LogP contribution is 2.32. The van der Waals surface area contributed by atoms with E-state index in [0.717, 1.165) is 18.0 Å². The van der Waals surface area contributed by atoms with Gasteiger partial charge in [0.05, 0.1) is 5.02 Å². The Morgan fingerprint density at radius 3 is 2.64 bits per heavy atom. The topological polar surface area (TPSA) is 12.0 Å². The Kier molecular flexibility index (Phi) is 4.93. The van der Waals surface area contributed by atoms with Crippen molar-refractivity contribution in [3.05, 3.63) is 21.3 Å². The van der Waals surface area contributed by atoms with E-state index in [0.29, 0.717) is 12.0 Å². The Morgan fingerprint density at radius 2 is 2.21 bits per heavy atom. The zero-order chi connectivity index (χ0) is 10.6. The largest absolute Gasteiger partial charge is 0.309 e. The molecule has 0 aromatic carbocycles. The minimum atomic E-state index is 0.405. The van der Waals surface area contributed by atoms with Gasteiger partial charge in [-0.3, -0.25) is 0 Å². The van der Waals surface area contributed by atoms with Gasteiger partial charge in [0.15, 0.2) is 0 Å². The zero-order valence-electron chi connectivity index (χ0n) is 9.01. The molecular weight excluding hydrogens is 214 g/mol. The molecule has 0 spiro atoms. The van der Waals surface area contributed by atoms with Gasteiger partial charge < -0.3 is 5.32 Å². The number of hydrogen-bond acceptors (Lipinski definition) is 2. The quantitative estimate of drug-likeness (QED) is 0.805. The molecule has 14 heavy (non-hydrogen) atoms. The molecule has 0 fully saturated rings. The molecule has 1 N–H and O–H groups in total. The van der Waals surface area contributed by atoms with Crippen molar-refractivity contribution in [3.63, 3.8) is 0 Å². The van der Waals surface area contributed by atoms with E-state index in [1.165, 1.54) is 4.88 Å². The molecule has 1 aromatic rings. The van der Waals surface area contributed by atoms with Gasteiger partial charge in [0.1, 0.15) is 0 Å². The van der Waals surface area contributed by atoms with Crippen molar-refractivity contribution in [2.24, 2.45) is 5.92 Å². The molecule has 1 nitrogen and oxygen atoms in total. The van der Waals surface area contributed by atoms with Crippen LogP contribution in [0.1, 0.15) is 38.1 Å². The van der Waals surface area contributed by atoms with E-state index in [9.17, 15) is 0 Å². The lowest BCUT2D eigenvalue weighted by molar-refractivity contribution is 0.419. The van der Waals surface area contributed by atoms with Crippen LogP contribution >= 0.6 is 22.9 Å². The van der Waals surface area contributed by atoms with E-state index in [2.05, 4.69) is 31.5 Å². The second-order valence-corrected chi connectivity index (χ2v) is 5.16. The van der Waals surface area contributed by atoms with Crippen molar-refractivity contribution in [1.29, 1.82) is 0 Å². The van der Waals surface area contributed by atoms with Crippen LogP contribution in [0, 0.1) is 5.92 Å². The van der Waals surface area contributed by atoms with E-state index < -0.39 is 0 Å². The van der Waals surface area contributed by atoms with Gasteiger partial charge in [0.2, 0.25) is 0 Å². The molecule has 1 rings (SSSR count). The Bertz CT molecular complexity index is 270. The second-order valence-electron chi connectivity index (χ2n) is 3.81. The molecule has 1 unspecified atom stereocenters. The summed E-state index contributed by atoms with van der Waals surface area (Å²) in [4.78, 5) is 1.27. The van der Waals surface area contributed by atoms with Crippen LogP contribution in [0.5, 0.6) is 0 Å². The third kappa shape index (κ3) is 2.97. The van der Waals surface area contributed by atoms with Crippen molar-refractivity contribution in [2.75, 3.05) is 6.54 Å². The van der Waals surface area contributed by atoms with Gasteiger partial charge in [-0.25, -0.2) is 0 Å². The van der Waals surface area contributed by atoms with Gasteiger partial charge in [-0.05, 0) is 30.3 Å². The van der Waals surface area contributed by atoms with E-state index in [4.69, 9.17) is 11.6 Å². The van der Waals surface area contributed by atoms with Crippen molar-refractivity contribution < 1.29 is 0 Å². The lowest BCUT2D eigenvalue weighted by Gasteiger charge is -2.21. The smallest absolute Gasteiger partial charge is 0.0561 e. The monoisotopic (exact) mass is 231 g/mol. The van der Waals surface area contributed by atoms with Crippen LogP contribution in [0.2, 0.25) is 5.02 Å². The third-order valence-corrected chi connectivity index (χ3v) is 3.65. The minimum absolute atomic E-state index is 0.405. The Balaban J connectivity index is 2.73. The minimum Gasteiger partial charge on any atom is -0.309 e. The van der Waals surface area contributed by atoms with Crippen LogP contribution in [-0.4, -0.2) is 6.54 Å². The van der Waals surface area contributed by atoms with Crippen LogP contribution in [0.25, 0.3) is 0 Å². The molecule has 1 heterocycles. The molecule has 80 valence electrons. The molecule has 0 amide bonds. The standard InChI is InChI=1S/C11H18ClNS/c1-4-6-13-10(8(2)3)11-9(12)5-7-14-11/h5,7-8,10,13H,4,6H2,1-3H3. The predicted octanol–water partition coefficient (Wildman–Crippen LogP) is 4.10. The van der Waals surface area contributed by atoms with Crippen molar-refractivity contribution in [2.45, 2.75) is 33.2 Å². The van der Waals surface area contributed by atoms with Crippen molar-refractivity contribution in [3.8, 4) is 0 Å². The van der Waals surface area contributed by atoms with Crippen molar-refractivity contribution in [1.82, 2.24) is 5.32 Å². The summed E-state index contributed by atoms with van der Waals surface area (Å²) in [7, 11) is 0. The Morgan fingerprint density at radius 1 is 1.50 bits per heavy atom. The van der Waals surface area contributed by atoms with Crippen LogP contribution in [0.3, 0.4) is 0 Å². The number of thiophene rings is 1. The van der Waals surface area contributed by atoms with Crippen LogP contribution in [0.15, 0.2) is 11.4 Å². The highest BCUT2D eigenvalue weighted by Gasteiger charge is 2.18. The van der Waals surface area contributed by atoms with Gasteiger partial charge in [-0.2, -0.15) is 0 Å². The summed E-state index contributed by atoms with van der Waals surface area (Å²) in [5.41, 5.74) is 0. The normalized spacial score (nSPS) is 13.5. The van der Waals surface area contributed by atoms with Gasteiger partial charge in [-0.15, -0.1) is 11.3 Å². The molecule has 0 aliphatic rings. The first-order valence-electron chi connectivity index (χ1n) is 5.13. The van der Waals surface area contributed by atoms with Crippen LogP contribution in [0.4, 0.5) is 0 Å². The Labute approximate surface area is 95.5 Å². The first-order valence-corrected chi connectivity index (χ1v) is 6.38. The van der Waals surface area contributed by atoms with E-state index in [-0.39, 0.29) is 0 Å². The molecule has 0 radical (unpaired) electrons. The fourth-order valence-corrected chi connectivity index (χ4v) is 2.88. The van der Waals surface area contributed by atoms with Gasteiger partial charge in [0.25, 0.3) is 0 Å². The number of nitrogens with one attached hydrogen (secondary N) is 1. The molecule has 0 aliphatic heterocycles. The van der Waals surface area contributed by atoms with Gasteiger partial charge >= 0.3 is 0 Å². The Hall–Kier alpha value is -0.0500. The average molecular weight is 232 g/mol. The van der Waals surface area contributed by atoms with Gasteiger partial charge in [0, 0.05) is 10.9 Å². The SMILES string of the molecule is CCCNC(c1sccc1Cl)C(C)C. The fourth-order valence-electron chi connectivity index (χ4n) is 1.46. The van der Waals surface area contributed by atoms with Crippen molar-refractivity contribution >= 4 is 22.9 Å². The lowest BCUT2D eigenvalue weighted by atomic mass is 10.0. The maximum Gasteiger partial charge on any atom is 0.0561 e. The molecule has 1 aromatic heterocycles. The highest BCUT2D eigenvalue weighted by atomic mass is 35.5. The molecule has 0 saturated carbocycles. The van der Waals surface area contributed by atoms with E-state index in [1.54, 1.807) is 11.3 Å². The molecule has 0 bridgehead atoms. The summed E-state index contributed by atoms with van der Waals surface area (Å²) < 4.78 is 0. The first-order chi connectivity index (χ1) is 6.66. The molecule has 0 aliphatic carbocycles. The summed E-state index contributed by atoms with van der Waals surface area (Å²) in [5, 5.41) is 6.49. The van der Waals surface area contributed by atoms with Crippen LogP contribution in [-0.2, 0) is 0 Å². The van der Waals surface area contributed by atoms with E-state index in [1.807, 2.05) is 6.07 Å². The van der Waals surface area contributed by atoms with Gasteiger partial charge in [-0.1, -0.05) is 32.4 Å². The highest BCUT2D eigenvalue weighted by molar-refractivity contribution is 7.10. The summed E-state index contributed by atoms with van der Waals surface area (Å²) >= 11 is 7.87. The lowest BCUT2D eigenvalue weighted by Crippen LogP contribution is -2.25. The second kappa shape index (κ2) is 5.74. The third-order valence-electron chi connectivity index (χ3n) is 2.21. The summed E-state index contributed by atoms with van der Waals surface area (Å²) in [6.45, 7) is 7.68. The summed E-state index contributed by atoms with van der Waals surface area (Å²) in [5.74, 6) is 0.581. The number of halogens is 1. The zero-order valence-corrected chi connectivity index (χ0v) is 10.6. The fraction of sp³-hybridized carbons (Fsp3) is 0.636. The van der Waals surface area contributed by atoms with Crippen LogP contribution < -0.4 is 5.32 Å². The molecular formula is C11H18ClNS. The summed E-state index contributed by atoms with van der Waals surface area (Å²) in [6.07, 6.45) is 1.16. The summed E-state index contributed by atoms with van der Waals surface area (Å²) in [6, 6.07) is 2.38. The van der Waals surface area contributed by atoms with E-state index >= 15 is 0 Å². The molecule has 3 heteroatoms. The predicted molar refractivity (Wildman–Crippen MR) is 65.2 cm³/mol. The molecule has 1 atom stereocenters. The first kappa shape index (κ1) is 12.0. The maximum absolute atomic E-state index is 6.13. The number of hydrogen-bond donors (Lipinski definition) is 1. The maximum atomic E-state index is 6.13. The number of rotatable bonds is 5.